The molecule has 0 aromatic heterocycles. The van der Waals surface area contributed by atoms with Crippen molar-refractivity contribution in [3.05, 3.63) is 42.0 Å². The number of rotatable bonds is 10. The second kappa shape index (κ2) is 9.08. The Morgan fingerprint density at radius 3 is 2.15 bits per heavy atom. The number of hydrogen-bond donors (Lipinski definition) is 0. The topological polar surface area (TPSA) is 27.7 Å². The minimum Gasteiger partial charge on any atom is -0.374 e. The van der Waals surface area contributed by atoms with Gasteiger partial charge in [-0.15, -0.1) is 0 Å². The molecule has 112 valence electrons. The van der Waals surface area contributed by atoms with Crippen molar-refractivity contribution in [1.29, 1.82) is 0 Å². The molecule has 0 heterocycles. The van der Waals surface area contributed by atoms with Gasteiger partial charge in [0.25, 0.3) is 0 Å². The van der Waals surface area contributed by atoms with Gasteiger partial charge >= 0.3 is 8.80 Å². The summed E-state index contributed by atoms with van der Waals surface area (Å²) in [6.07, 6.45) is 2.76. The highest BCUT2D eigenvalue weighted by Gasteiger charge is 2.39. The van der Waals surface area contributed by atoms with Crippen LogP contribution in [0.2, 0.25) is 6.04 Å². The third-order valence-corrected chi connectivity index (χ3v) is 6.05. The molecule has 3 nitrogen and oxygen atoms in total. The normalized spacial score (nSPS) is 11.6. The first-order valence-electron chi connectivity index (χ1n) is 7.33. The summed E-state index contributed by atoms with van der Waals surface area (Å²) in [5.74, 6) is 0. The van der Waals surface area contributed by atoms with Crippen LogP contribution < -0.4 is 0 Å². The van der Waals surface area contributed by atoms with E-state index in [-0.39, 0.29) is 0 Å². The zero-order chi connectivity index (χ0) is 14.8. The van der Waals surface area contributed by atoms with E-state index in [4.69, 9.17) is 13.3 Å². The van der Waals surface area contributed by atoms with Crippen LogP contribution in [0.4, 0.5) is 0 Å². The Labute approximate surface area is 123 Å². The smallest absolute Gasteiger partial charge is 0.374 e. The van der Waals surface area contributed by atoms with Gasteiger partial charge in [0.15, 0.2) is 0 Å². The molecule has 0 radical (unpaired) electrons. The molecular formula is C16H26O3Si. The molecule has 0 spiro atoms. The van der Waals surface area contributed by atoms with Gasteiger partial charge < -0.3 is 13.3 Å². The van der Waals surface area contributed by atoms with Crippen molar-refractivity contribution in [2.75, 3.05) is 19.8 Å². The van der Waals surface area contributed by atoms with E-state index in [0.29, 0.717) is 19.8 Å². The number of benzene rings is 1. The van der Waals surface area contributed by atoms with Crippen molar-refractivity contribution in [3.63, 3.8) is 0 Å². The van der Waals surface area contributed by atoms with E-state index >= 15 is 0 Å². The van der Waals surface area contributed by atoms with Crippen LogP contribution in [0.5, 0.6) is 0 Å². The lowest BCUT2D eigenvalue weighted by atomic mass is 10.1. The van der Waals surface area contributed by atoms with Crippen LogP contribution in [0.25, 0.3) is 6.08 Å². The zero-order valence-corrected chi connectivity index (χ0v) is 13.9. The summed E-state index contributed by atoms with van der Waals surface area (Å²) >= 11 is 0. The lowest BCUT2D eigenvalue weighted by molar-refractivity contribution is 0.0714. The maximum atomic E-state index is 5.86. The Bertz CT molecular complexity index is 389. The predicted molar refractivity (Wildman–Crippen MR) is 85.7 cm³/mol. The summed E-state index contributed by atoms with van der Waals surface area (Å²) in [7, 11) is -2.53. The van der Waals surface area contributed by atoms with Crippen molar-refractivity contribution in [2.45, 2.75) is 33.2 Å². The molecule has 1 rings (SSSR count). The van der Waals surface area contributed by atoms with Gasteiger partial charge in [0.05, 0.1) is 0 Å². The average Bonchev–Trinajstić information content (AvgIpc) is 2.46. The van der Waals surface area contributed by atoms with Crippen LogP contribution in [0.15, 0.2) is 30.8 Å². The Morgan fingerprint density at radius 2 is 1.65 bits per heavy atom. The molecule has 4 heteroatoms. The summed E-state index contributed by atoms with van der Waals surface area (Å²) in [6.45, 7) is 11.6. The van der Waals surface area contributed by atoms with Gasteiger partial charge in [-0.05, 0) is 38.3 Å². The SMILES string of the molecule is C=Cc1cccc(CC[Si](OCC)(OCC)OCC)c1. The molecule has 0 aliphatic carbocycles. The third-order valence-electron chi connectivity index (χ3n) is 3.00. The Kier molecular flexibility index (Phi) is 7.77. The summed E-state index contributed by atoms with van der Waals surface area (Å²) in [5.41, 5.74) is 2.40. The Balaban J connectivity index is 2.75. The van der Waals surface area contributed by atoms with Gasteiger partial charge in [0.2, 0.25) is 0 Å². The van der Waals surface area contributed by atoms with Crippen LogP contribution in [0, 0.1) is 0 Å². The Hall–Kier alpha value is -0.943. The third kappa shape index (κ3) is 5.21. The van der Waals surface area contributed by atoms with Gasteiger partial charge in [0.1, 0.15) is 0 Å². The fourth-order valence-electron chi connectivity index (χ4n) is 2.17. The lowest BCUT2D eigenvalue weighted by Gasteiger charge is -2.28. The largest absolute Gasteiger partial charge is 0.501 e. The van der Waals surface area contributed by atoms with E-state index in [2.05, 4.69) is 30.8 Å². The quantitative estimate of drug-likeness (QED) is 0.612. The summed E-state index contributed by atoms with van der Waals surface area (Å²) in [4.78, 5) is 0. The minimum absolute atomic E-state index is 0.624. The second-order valence-electron chi connectivity index (χ2n) is 4.43. The molecule has 0 atom stereocenters. The molecule has 1 aromatic carbocycles. The fourth-order valence-corrected chi connectivity index (χ4v) is 4.77. The van der Waals surface area contributed by atoms with Crippen molar-refractivity contribution in [2.24, 2.45) is 0 Å². The summed E-state index contributed by atoms with van der Waals surface area (Å²) < 4.78 is 17.6. The van der Waals surface area contributed by atoms with Crippen LogP contribution in [-0.2, 0) is 19.7 Å². The molecule has 1 aromatic rings. The van der Waals surface area contributed by atoms with Crippen LogP contribution in [-0.4, -0.2) is 28.6 Å². The standard InChI is InChI=1S/C16H26O3Si/c1-5-15-10-9-11-16(14-15)12-13-20(17-6-2,18-7-3)19-8-4/h5,9-11,14H,1,6-8,12-13H2,2-4H3. The van der Waals surface area contributed by atoms with Crippen molar-refractivity contribution >= 4 is 14.9 Å². The van der Waals surface area contributed by atoms with E-state index in [0.717, 1.165) is 18.0 Å². The lowest BCUT2D eigenvalue weighted by Crippen LogP contribution is -2.46. The van der Waals surface area contributed by atoms with Crippen molar-refractivity contribution < 1.29 is 13.3 Å². The summed E-state index contributed by atoms with van der Waals surface area (Å²) in [6, 6.07) is 9.18. The molecule has 0 unspecified atom stereocenters. The average molecular weight is 294 g/mol. The monoisotopic (exact) mass is 294 g/mol. The van der Waals surface area contributed by atoms with E-state index < -0.39 is 8.80 Å². The van der Waals surface area contributed by atoms with Crippen LogP contribution >= 0.6 is 0 Å². The van der Waals surface area contributed by atoms with E-state index in [1.165, 1.54) is 5.56 Å². The highest BCUT2D eigenvalue weighted by molar-refractivity contribution is 6.60. The van der Waals surface area contributed by atoms with E-state index in [1.807, 2.05) is 26.8 Å². The van der Waals surface area contributed by atoms with Gasteiger partial charge in [-0.1, -0.05) is 36.9 Å². The van der Waals surface area contributed by atoms with Crippen molar-refractivity contribution in [1.82, 2.24) is 0 Å². The molecule has 20 heavy (non-hydrogen) atoms. The van der Waals surface area contributed by atoms with Gasteiger partial charge in [-0.25, -0.2) is 0 Å². The van der Waals surface area contributed by atoms with Crippen LogP contribution in [0.3, 0.4) is 0 Å². The maximum Gasteiger partial charge on any atom is 0.501 e. The highest BCUT2D eigenvalue weighted by Crippen LogP contribution is 2.20. The van der Waals surface area contributed by atoms with E-state index in [1.54, 1.807) is 0 Å². The number of aryl methyl sites for hydroxylation is 1. The molecule has 0 aliphatic rings. The first kappa shape index (κ1) is 17.1. The minimum atomic E-state index is -2.53. The highest BCUT2D eigenvalue weighted by atomic mass is 28.4. The van der Waals surface area contributed by atoms with Gasteiger partial charge in [0, 0.05) is 25.9 Å². The first-order chi connectivity index (χ1) is 9.69. The molecule has 0 amide bonds. The molecule has 0 N–H and O–H groups in total. The maximum absolute atomic E-state index is 5.86. The zero-order valence-electron chi connectivity index (χ0n) is 12.9. The summed E-state index contributed by atoms with van der Waals surface area (Å²) in [5, 5.41) is 0. The molecule has 0 aliphatic heterocycles. The molecule has 0 bridgehead atoms. The Morgan fingerprint density at radius 1 is 1.05 bits per heavy atom. The fraction of sp³-hybridized carbons (Fsp3) is 0.500. The van der Waals surface area contributed by atoms with Gasteiger partial charge in [-0.3, -0.25) is 0 Å². The van der Waals surface area contributed by atoms with Crippen LogP contribution in [0.1, 0.15) is 31.9 Å². The number of hydrogen-bond acceptors (Lipinski definition) is 3. The first-order valence-corrected chi connectivity index (χ1v) is 9.26. The second-order valence-corrected chi connectivity index (χ2v) is 7.16. The molecule has 0 fully saturated rings. The molecular weight excluding hydrogens is 268 g/mol. The molecule has 0 saturated carbocycles. The predicted octanol–water partition coefficient (Wildman–Crippen LogP) is 3.92. The van der Waals surface area contributed by atoms with E-state index in [9.17, 15) is 0 Å². The molecule has 0 saturated heterocycles. The van der Waals surface area contributed by atoms with Crippen molar-refractivity contribution in [3.8, 4) is 0 Å². The van der Waals surface area contributed by atoms with Gasteiger partial charge in [-0.2, -0.15) is 0 Å².